The Bertz CT molecular complexity index is 355. The van der Waals surface area contributed by atoms with Gasteiger partial charge in [-0.05, 0) is 43.4 Å². The summed E-state index contributed by atoms with van der Waals surface area (Å²) in [6, 6.07) is 8.69. The van der Waals surface area contributed by atoms with E-state index in [0.717, 1.165) is 32.5 Å². The van der Waals surface area contributed by atoms with Crippen molar-refractivity contribution in [2.24, 2.45) is 0 Å². The molecule has 0 radical (unpaired) electrons. The van der Waals surface area contributed by atoms with Crippen molar-refractivity contribution in [1.82, 2.24) is 5.32 Å². The van der Waals surface area contributed by atoms with Gasteiger partial charge in [-0.2, -0.15) is 0 Å². The fourth-order valence-corrected chi connectivity index (χ4v) is 2.41. The fourth-order valence-electron chi connectivity index (χ4n) is 2.41. The fraction of sp³-hybridized carbons (Fsp3) is 0.647. The molecule has 1 N–H and O–H groups in total. The van der Waals surface area contributed by atoms with Crippen molar-refractivity contribution in [3.05, 3.63) is 35.4 Å². The SMILES string of the molecule is CCNCC(CCCOCCOC)c1ccccc1C. The summed E-state index contributed by atoms with van der Waals surface area (Å²) in [6.45, 7) is 8.60. The van der Waals surface area contributed by atoms with Gasteiger partial charge in [0.2, 0.25) is 0 Å². The summed E-state index contributed by atoms with van der Waals surface area (Å²) in [7, 11) is 1.70. The molecule has 0 fully saturated rings. The first-order chi connectivity index (χ1) is 9.79. The van der Waals surface area contributed by atoms with E-state index in [1.807, 2.05) is 0 Å². The Hall–Kier alpha value is -0.900. The summed E-state index contributed by atoms with van der Waals surface area (Å²) in [5.74, 6) is 0.571. The molecule has 114 valence electrons. The molecule has 1 rings (SSSR count). The highest BCUT2D eigenvalue weighted by Crippen LogP contribution is 2.23. The Morgan fingerprint density at radius 1 is 1.15 bits per heavy atom. The average molecular weight is 279 g/mol. The largest absolute Gasteiger partial charge is 0.382 e. The maximum atomic E-state index is 5.55. The highest BCUT2D eigenvalue weighted by Gasteiger charge is 2.12. The lowest BCUT2D eigenvalue weighted by molar-refractivity contribution is 0.0681. The lowest BCUT2D eigenvalue weighted by atomic mass is 9.91. The molecule has 3 nitrogen and oxygen atoms in total. The van der Waals surface area contributed by atoms with E-state index in [1.54, 1.807) is 7.11 Å². The van der Waals surface area contributed by atoms with E-state index in [2.05, 4.69) is 43.4 Å². The van der Waals surface area contributed by atoms with E-state index in [4.69, 9.17) is 9.47 Å². The van der Waals surface area contributed by atoms with E-state index < -0.39 is 0 Å². The van der Waals surface area contributed by atoms with Crippen LogP contribution in [0.4, 0.5) is 0 Å². The van der Waals surface area contributed by atoms with Crippen LogP contribution in [-0.4, -0.2) is 40.0 Å². The van der Waals surface area contributed by atoms with E-state index in [-0.39, 0.29) is 0 Å². The van der Waals surface area contributed by atoms with Gasteiger partial charge in [-0.25, -0.2) is 0 Å². The van der Waals surface area contributed by atoms with Crippen LogP contribution < -0.4 is 5.32 Å². The molecule has 1 aromatic rings. The molecule has 20 heavy (non-hydrogen) atoms. The van der Waals surface area contributed by atoms with E-state index in [9.17, 15) is 0 Å². The zero-order chi connectivity index (χ0) is 14.6. The molecule has 0 heterocycles. The highest BCUT2D eigenvalue weighted by atomic mass is 16.5. The molecule has 1 aromatic carbocycles. The minimum Gasteiger partial charge on any atom is -0.382 e. The number of hydrogen-bond donors (Lipinski definition) is 1. The number of aryl methyl sites for hydroxylation is 1. The smallest absolute Gasteiger partial charge is 0.0700 e. The van der Waals surface area contributed by atoms with Crippen LogP contribution in [0.15, 0.2) is 24.3 Å². The van der Waals surface area contributed by atoms with Crippen molar-refractivity contribution >= 4 is 0 Å². The lowest BCUT2D eigenvalue weighted by Gasteiger charge is -2.20. The zero-order valence-electron chi connectivity index (χ0n) is 13.2. The van der Waals surface area contributed by atoms with Crippen LogP contribution in [0.2, 0.25) is 0 Å². The Kier molecular flexibility index (Phi) is 9.29. The molecule has 0 saturated carbocycles. The molecule has 1 atom stereocenters. The summed E-state index contributed by atoms with van der Waals surface area (Å²) in [5, 5.41) is 3.47. The Balaban J connectivity index is 2.42. The molecule has 0 aliphatic carbocycles. The molecule has 0 aliphatic heterocycles. The molecule has 0 spiro atoms. The predicted molar refractivity (Wildman–Crippen MR) is 84.4 cm³/mol. The third kappa shape index (κ3) is 6.51. The molecule has 0 aromatic heterocycles. The lowest BCUT2D eigenvalue weighted by Crippen LogP contribution is -2.22. The van der Waals surface area contributed by atoms with Crippen LogP contribution >= 0.6 is 0 Å². The van der Waals surface area contributed by atoms with Crippen molar-refractivity contribution < 1.29 is 9.47 Å². The van der Waals surface area contributed by atoms with Crippen molar-refractivity contribution in [1.29, 1.82) is 0 Å². The van der Waals surface area contributed by atoms with Crippen LogP contribution in [-0.2, 0) is 9.47 Å². The van der Waals surface area contributed by atoms with Gasteiger partial charge in [0.1, 0.15) is 0 Å². The maximum Gasteiger partial charge on any atom is 0.0700 e. The first-order valence-corrected chi connectivity index (χ1v) is 7.62. The molecule has 0 bridgehead atoms. The third-order valence-electron chi connectivity index (χ3n) is 3.54. The molecule has 0 amide bonds. The highest BCUT2D eigenvalue weighted by molar-refractivity contribution is 5.29. The topological polar surface area (TPSA) is 30.5 Å². The second-order valence-corrected chi connectivity index (χ2v) is 5.11. The molecular formula is C17H29NO2. The number of methoxy groups -OCH3 is 1. The number of rotatable bonds is 11. The van der Waals surface area contributed by atoms with Gasteiger partial charge in [-0.3, -0.25) is 0 Å². The minimum atomic E-state index is 0.571. The monoisotopic (exact) mass is 279 g/mol. The summed E-state index contributed by atoms with van der Waals surface area (Å²) in [4.78, 5) is 0. The van der Waals surface area contributed by atoms with Gasteiger partial charge in [0.05, 0.1) is 13.2 Å². The van der Waals surface area contributed by atoms with Crippen LogP contribution in [0, 0.1) is 6.92 Å². The van der Waals surface area contributed by atoms with Crippen molar-refractivity contribution in [3.8, 4) is 0 Å². The van der Waals surface area contributed by atoms with Crippen molar-refractivity contribution in [2.75, 3.05) is 40.0 Å². The second kappa shape index (κ2) is 10.8. The number of benzene rings is 1. The Morgan fingerprint density at radius 3 is 2.65 bits per heavy atom. The van der Waals surface area contributed by atoms with Crippen LogP contribution in [0.3, 0.4) is 0 Å². The van der Waals surface area contributed by atoms with Crippen LogP contribution in [0.25, 0.3) is 0 Å². The average Bonchev–Trinajstić information content (AvgIpc) is 2.47. The summed E-state index contributed by atoms with van der Waals surface area (Å²) < 4.78 is 10.5. The van der Waals surface area contributed by atoms with E-state index >= 15 is 0 Å². The van der Waals surface area contributed by atoms with Crippen molar-refractivity contribution in [2.45, 2.75) is 32.6 Å². The number of nitrogens with one attached hydrogen (secondary N) is 1. The normalized spacial score (nSPS) is 12.6. The third-order valence-corrected chi connectivity index (χ3v) is 3.54. The zero-order valence-corrected chi connectivity index (χ0v) is 13.2. The molecule has 0 aliphatic rings. The van der Waals surface area contributed by atoms with E-state index in [0.29, 0.717) is 19.1 Å². The molecule has 0 saturated heterocycles. The van der Waals surface area contributed by atoms with Crippen molar-refractivity contribution in [3.63, 3.8) is 0 Å². The van der Waals surface area contributed by atoms with Gasteiger partial charge >= 0.3 is 0 Å². The van der Waals surface area contributed by atoms with Gasteiger partial charge in [0.25, 0.3) is 0 Å². The summed E-state index contributed by atoms with van der Waals surface area (Å²) in [6.07, 6.45) is 2.25. The first kappa shape index (κ1) is 17.2. The quantitative estimate of drug-likeness (QED) is 0.631. The second-order valence-electron chi connectivity index (χ2n) is 5.11. The maximum absolute atomic E-state index is 5.55. The Labute approximate surface area is 123 Å². The van der Waals surface area contributed by atoms with Gasteiger partial charge in [0.15, 0.2) is 0 Å². The number of likely N-dealkylation sites (N-methyl/N-ethyl adjacent to an activating group) is 1. The predicted octanol–water partition coefficient (Wildman–Crippen LogP) is 3.13. The Morgan fingerprint density at radius 2 is 1.95 bits per heavy atom. The van der Waals surface area contributed by atoms with Crippen LogP contribution in [0.5, 0.6) is 0 Å². The van der Waals surface area contributed by atoms with Gasteiger partial charge in [-0.15, -0.1) is 0 Å². The minimum absolute atomic E-state index is 0.571. The molecule has 3 heteroatoms. The van der Waals surface area contributed by atoms with E-state index in [1.165, 1.54) is 11.1 Å². The van der Waals surface area contributed by atoms with Gasteiger partial charge in [0, 0.05) is 20.3 Å². The molecule has 1 unspecified atom stereocenters. The van der Waals surface area contributed by atoms with Gasteiger partial charge < -0.3 is 14.8 Å². The standard InChI is InChI=1S/C17H29NO2/c1-4-18-14-16(9-7-11-20-13-12-19-3)17-10-6-5-8-15(17)2/h5-6,8,10,16,18H,4,7,9,11-14H2,1-3H3. The van der Waals surface area contributed by atoms with Crippen LogP contribution in [0.1, 0.15) is 36.8 Å². The molecular weight excluding hydrogens is 250 g/mol. The summed E-state index contributed by atoms with van der Waals surface area (Å²) >= 11 is 0. The number of hydrogen-bond acceptors (Lipinski definition) is 3. The number of ether oxygens (including phenoxy) is 2. The summed E-state index contributed by atoms with van der Waals surface area (Å²) in [5.41, 5.74) is 2.85. The van der Waals surface area contributed by atoms with Gasteiger partial charge in [-0.1, -0.05) is 31.2 Å². The first-order valence-electron chi connectivity index (χ1n) is 7.62.